The predicted molar refractivity (Wildman–Crippen MR) is 150 cm³/mol. The molecule has 0 unspecified atom stereocenters. The van der Waals surface area contributed by atoms with Gasteiger partial charge in [-0.1, -0.05) is 32.9 Å². The van der Waals surface area contributed by atoms with Crippen LogP contribution in [-0.2, 0) is 24.1 Å². The molecule has 8 nitrogen and oxygen atoms in total. The summed E-state index contributed by atoms with van der Waals surface area (Å²) in [7, 11) is 3.99. The molecular formula is C30H41N5O3. The molecule has 0 fully saturated rings. The number of fused-ring (bicyclic) bond motifs is 2. The number of pyridine rings is 1. The third-order valence-corrected chi connectivity index (χ3v) is 7.64. The van der Waals surface area contributed by atoms with Crippen LogP contribution in [0.3, 0.4) is 0 Å². The number of aliphatic imine (C=N–C) groups is 1. The molecule has 1 aliphatic heterocycles. The first-order valence-corrected chi connectivity index (χ1v) is 13.6. The van der Waals surface area contributed by atoms with Crippen molar-refractivity contribution in [1.29, 1.82) is 0 Å². The summed E-state index contributed by atoms with van der Waals surface area (Å²) in [6.45, 7) is 7.74. The van der Waals surface area contributed by atoms with Crippen LogP contribution in [0, 0.1) is 11.3 Å². The van der Waals surface area contributed by atoms with Gasteiger partial charge in [-0.3, -0.25) is 14.6 Å². The van der Waals surface area contributed by atoms with Crippen molar-refractivity contribution in [3.8, 4) is 0 Å². The molecule has 2 amide bonds. The van der Waals surface area contributed by atoms with Crippen LogP contribution in [0.2, 0.25) is 0 Å². The van der Waals surface area contributed by atoms with E-state index >= 15 is 0 Å². The highest BCUT2D eigenvalue weighted by molar-refractivity contribution is 6.40. The smallest absolute Gasteiger partial charge is 0.266 e. The van der Waals surface area contributed by atoms with Crippen molar-refractivity contribution in [2.24, 2.45) is 16.3 Å². The summed E-state index contributed by atoms with van der Waals surface area (Å²) < 4.78 is 0. The number of hydrogen-bond acceptors (Lipinski definition) is 6. The minimum absolute atomic E-state index is 0.119. The molecule has 3 N–H and O–H groups in total. The molecule has 1 aliphatic carbocycles. The second-order valence-corrected chi connectivity index (χ2v) is 11.8. The fraction of sp³-hybridized carbons (Fsp3) is 0.533. The SMILES string of the molecule is CN(C)CC[C@@H](NC(=O)C1=Nc2cc3c(nc2C1)CC[C@H](C(C)(C)C)C3)c1cccc(C(=O)NCCO)c1. The number of nitrogens with zero attached hydrogens (tertiary/aromatic N) is 3. The van der Waals surface area contributed by atoms with E-state index < -0.39 is 0 Å². The number of carbonyl (C=O) groups is 2. The molecule has 4 rings (SSSR count). The fourth-order valence-electron chi connectivity index (χ4n) is 5.26. The van der Waals surface area contributed by atoms with E-state index in [2.05, 4.69) is 42.4 Å². The van der Waals surface area contributed by atoms with Gasteiger partial charge in [0.05, 0.1) is 24.0 Å². The molecule has 0 bridgehead atoms. The Bertz CT molecular complexity index is 1210. The van der Waals surface area contributed by atoms with Gasteiger partial charge in [0.15, 0.2) is 0 Å². The van der Waals surface area contributed by atoms with Gasteiger partial charge < -0.3 is 20.6 Å². The third kappa shape index (κ3) is 6.66. The highest BCUT2D eigenvalue weighted by Crippen LogP contribution is 2.39. The van der Waals surface area contributed by atoms with Crippen molar-refractivity contribution in [1.82, 2.24) is 20.5 Å². The number of carbonyl (C=O) groups excluding carboxylic acids is 2. The van der Waals surface area contributed by atoms with Crippen LogP contribution >= 0.6 is 0 Å². The molecule has 0 saturated carbocycles. The lowest BCUT2D eigenvalue weighted by molar-refractivity contribution is -0.115. The molecule has 0 saturated heterocycles. The zero-order valence-corrected chi connectivity index (χ0v) is 23.3. The van der Waals surface area contributed by atoms with Crippen molar-refractivity contribution >= 4 is 23.2 Å². The van der Waals surface area contributed by atoms with Crippen LogP contribution in [0.4, 0.5) is 5.69 Å². The van der Waals surface area contributed by atoms with Gasteiger partial charge >= 0.3 is 0 Å². The second kappa shape index (κ2) is 11.7. The molecule has 2 heterocycles. The fourth-order valence-corrected chi connectivity index (χ4v) is 5.26. The second-order valence-electron chi connectivity index (χ2n) is 11.8. The highest BCUT2D eigenvalue weighted by Gasteiger charge is 2.32. The highest BCUT2D eigenvalue weighted by atomic mass is 16.3. The number of amides is 2. The summed E-state index contributed by atoms with van der Waals surface area (Å²) >= 11 is 0. The maximum atomic E-state index is 13.4. The van der Waals surface area contributed by atoms with Crippen LogP contribution in [0.5, 0.6) is 0 Å². The van der Waals surface area contributed by atoms with Crippen LogP contribution in [0.15, 0.2) is 35.3 Å². The Hall–Kier alpha value is -3.10. The van der Waals surface area contributed by atoms with E-state index in [9.17, 15) is 9.59 Å². The number of aromatic nitrogens is 1. The van der Waals surface area contributed by atoms with Gasteiger partial charge in [-0.15, -0.1) is 0 Å². The number of aliphatic hydroxyl groups is 1. The van der Waals surface area contributed by atoms with E-state index in [0.29, 0.717) is 30.0 Å². The van der Waals surface area contributed by atoms with Crippen LogP contribution < -0.4 is 10.6 Å². The van der Waals surface area contributed by atoms with Crippen molar-refractivity contribution in [3.05, 3.63) is 58.4 Å². The minimum atomic E-state index is -0.282. The van der Waals surface area contributed by atoms with E-state index in [0.717, 1.165) is 48.4 Å². The Balaban J connectivity index is 1.51. The lowest BCUT2D eigenvalue weighted by atomic mass is 9.71. The maximum Gasteiger partial charge on any atom is 0.266 e. The number of nitrogens with one attached hydrogen (secondary N) is 2. The lowest BCUT2D eigenvalue weighted by Gasteiger charge is -2.34. The number of hydrogen-bond donors (Lipinski definition) is 3. The van der Waals surface area contributed by atoms with Gasteiger partial charge in [-0.2, -0.15) is 0 Å². The van der Waals surface area contributed by atoms with Crippen LogP contribution in [0.1, 0.15) is 72.5 Å². The van der Waals surface area contributed by atoms with Crippen LogP contribution in [0.25, 0.3) is 0 Å². The van der Waals surface area contributed by atoms with Crippen molar-refractivity contribution in [2.75, 3.05) is 33.8 Å². The van der Waals surface area contributed by atoms with Gasteiger partial charge in [-0.05, 0) is 87.0 Å². The van der Waals surface area contributed by atoms with Gasteiger partial charge in [0.2, 0.25) is 0 Å². The largest absolute Gasteiger partial charge is 0.395 e. The molecular weight excluding hydrogens is 478 g/mol. The molecule has 8 heteroatoms. The molecule has 0 radical (unpaired) electrons. The van der Waals surface area contributed by atoms with Gasteiger partial charge in [0.25, 0.3) is 11.8 Å². The first-order valence-electron chi connectivity index (χ1n) is 13.6. The molecule has 2 aliphatic rings. The van der Waals surface area contributed by atoms with E-state index in [-0.39, 0.29) is 36.4 Å². The number of aryl methyl sites for hydroxylation is 1. The quantitative estimate of drug-likeness (QED) is 0.471. The topological polar surface area (TPSA) is 107 Å². The average molecular weight is 520 g/mol. The Kier molecular flexibility index (Phi) is 8.63. The third-order valence-electron chi connectivity index (χ3n) is 7.64. The van der Waals surface area contributed by atoms with Crippen molar-refractivity contribution in [2.45, 2.75) is 58.9 Å². The minimum Gasteiger partial charge on any atom is -0.395 e. The Morgan fingerprint density at radius 3 is 2.66 bits per heavy atom. The predicted octanol–water partition coefficient (Wildman–Crippen LogP) is 3.39. The molecule has 2 atom stereocenters. The zero-order chi connectivity index (χ0) is 27.4. The van der Waals surface area contributed by atoms with E-state index in [4.69, 9.17) is 15.1 Å². The lowest BCUT2D eigenvalue weighted by Crippen LogP contribution is -2.36. The van der Waals surface area contributed by atoms with E-state index in [1.807, 2.05) is 26.2 Å². The normalized spacial score (nSPS) is 17.4. The van der Waals surface area contributed by atoms with Crippen LogP contribution in [-0.4, -0.2) is 66.3 Å². The summed E-state index contributed by atoms with van der Waals surface area (Å²) in [5, 5.41) is 14.9. The molecule has 1 aromatic carbocycles. The summed E-state index contributed by atoms with van der Waals surface area (Å²) in [4.78, 5) is 37.6. The van der Waals surface area contributed by atoms with Crippen molar-refractivity contribution < 1.29 is 14.7 Å². The number of benzene rings is 1. The number of aliphatic hydroxyl groups excluding tert-OH is 1. The average Bonchev–Trinajstić information content (AvgIpc) is 3.30. The summed E-state index contributed by atoms with van der Waals surface area (Å²) in [6, 6.07) is 9.15. The number of rotatable bonds is 9. The first-order chi connectivity index (χ1) is 18.0. The molecule has 204 valence electrons. The Morgan fingerprint density at radius 2 is 1.95 bits per heavy atom. The summed E-state index contributed by atoms with van der Waals surface area (Å²) in [6.07, 6.45) is 4.23. The first kappa shape index (κ1) is 27.9. The van der Waals surface area contributed by atoms with E-state index in [1.165, 1.54) is 5.56 Å². The molecule has 1 aromatic heterocycles. The van der Waals surface area contributed by atoms with Gasteiger partial charge in [-0.25, -0.2) is 4.99 Å². The van der Waals surface area contributed by atoms with E-state index in [1.54, 1.807) is 12.1 Å². The molecule has 38 heavy (non-hydrogen) atoms. The Labute approximate surface area is 226 Å². The summed E-state index contributed by atoms with van der Waals surface area (Å²) in [5.41, 5.74) is 6.20. The standard InChI is InChI=1S/C30H41N5O3/c1-30(2,3)22-9-10-23-21(16-22)17-25-26(32-23)18-27(33-25)29(38)34-24(11-13-35(4)5)19-7-6-8-20(15-19)28(37)31-12-14-36/h6-8,15,17,22,24,36H,9-14,16,18H2,1-5H3,(H,31,37)(H,34,38)/t22-,24+/m0/s1. The monoisotopic (exact) mass is 519 g/mol. The molecule has 2 aromatic rings. The van der Waals surface area contributed by atoms with Gasteiger partial charge in [0, 0.05) is 24.2 Å². The maximum absolute atomic E-state index is 13.4. The Morgan fingerprint density at radius 1 is 1.16 bits per heavy atom. The zero-order valence-electron chi connectivity index (χ0n) is 23.3. The summed E-state index contributed by atoms with van der Waals surface area (Å²) in [5.74, 6) is 0.160. The molecule has 0 spiro atoms. The van der Waals surface area contributed by atoms with Crippen molar-refractivity contribution in [3.63, 3.8) is 0 Å². The van der Waals surface area contributed by atoms with Gasteiger partial charge in [0.1, 0.15) is 5.71 Å².